The summed E-state index contributed by atoms with van der Waals surface area (Å²) in [4.78, 5) is 21.8. The molecule has 22 heavy (non-hydrogen) atoms. The standard InChI is InChI=1S/C8H12O10S2.2Na/c9-7(17-3-5-19(11,12)13)1-2-8(10)18-4-6-20(14,15)16;;/h1-2H,3-6H2,(H,11,12,13)(H,14,15,16);;/q;2*+1/p-2/b2-1-;;. The Morgan fingerprint density at radius 2 is 1.05 bits per heavy atom. The van der Waals surface area contributed by atoms with E-state index < -0.39 is 56.9 Å². The smallest absolute Gasteiger partial charge is 0.748 e. The molecule has 0 unspecified atom stereocenters. The number of hydrogen-bond donors (Lipinski definition) is 0. The normalized spacial score (nSPS) is 11.2. The van der Waals surface area contributed by atoms with Gasteiger partial charge in [-0.3, -0.25) is 0 Å². The van der Waals surface area contributed by atoms with Crippen LogP contribution in [0.1, 0.15) is 0 Å². The molecule has 116 valence electrons. The second kappa shape index (κ2) is 12.9. The molecule has 0 rings (SSSR count). The molecule has 14 heteroatoms. The Morgan fingerprint density at radius 3 is 1.27 bits per heavy atom. The molecular formula is C8H10Na2O10S2. The van der Waals surface area contributed by atoms with E-state index in [-0.39, 0.29) is 59.1 Å². The maximum Gasteiger partial charge on any atom is 1.00 e. The fourth-order valence-corrected chi connectivity index (χ4v) is 1.30. The zero-order valence-corrected chi connectivity index (χ0v) is 17.5. The van der Waals surface area contributed by atoms with Crippen LogP contribution in [0.4, 0.5) is 0 Å². The molecule has 0 saturated heterocycles. The summed E-state index contributed by atoms with van der Waals surface area (Å²) in [5.74, 6) is -4.00. The summed E-state index contributed by atoms with van der Waals surface area (Å²) < 4.78 is 69.5. The molecular weight excluding hydrogens is 366 g/mol. The summed E-state index contributed by atoms with van der Waals surface area (Å²) in [6.45, 7) is -1.34. The first-order chi connectivity index (χ1) is 8.99. The molecule has 0 aliphatic rings. The van der Waals surface area contributed by atoms with Gasteiger partial charge in [0.05, 0.1) is 31.7 Å². The van der Waals surface area contributed by atoms with Crippen LogP contribution in [-0.2, 0) is 39.3 Å². The Hall–Kier alpha value is 0.500. The molecule has 0 radical (unpaired) electrons. The number of ether oxygens (including phenoxy) is 2. The summed E-state index contributed by atoms with van der Waals surface area (Å²) >= 11 is 0. The van der Waals surface area contributed by atoms with Crippen LogP contribution < -0.4 is 59.1 Å². The molecule has 0 aromatic rings. The van der Waals surface area contributed by atoms with E-state index in [0.29, 0.717) is 12.2 Å². The quantitative estimate of drug-likeness (QED) is 0.172. The Morgan fingerprint density at radius 1 is 0.773 bits per heavy atom. The van der Waals surface area contributed by atoms with Crippen molar-refractivity contribution in [1.82, 2.24) is 0 Å². The maximum absolute atomic E-state index is 10.9. The van der Waals surface area contributed by atoms with E-state index in [1.807, 2.05) is 0 Å². The summed E-state index contributed by atoms with van der Waals surface area (Å²) in [7, 11) is -9.01. The van der Waals surface area contributed by atoms with E-state index in [1.165, 1.54) is 0 Å². The van der Waals surface area contributed by atoms with Crippen molar-refractivity contribution in [3.63, 3.8) is 0 Å². The third-order valence-electron chi connectivity index (χ3n) is 1.51. The van der Waals surface area contributed by atoms with E-state index in [2.05, 4.69) is 9.47 Å². The van der Waals surface area contributed by atoms with E-state index in [1.54, 1.807) is 0 Å². The van der Waals surface area contributed by atoms with Crippen molar-refractivity contribution in [1.29, 1.82) is 0 Å². The largest absolute Gasteiger partial charge is 1.00 e. The van der Waals surface area contributed by atoms with E-state index in [0.717, 1.165) is 0 Å². The van der Waals surface area contributed by atoms with Crippen LogP contribution in [0.25, 0.3) is 0 Å². The molecule has 0 fully saturated rings. The first-order valence-electron chi connectivity index (χ1n) is 4.88. The van der Waals surface area contributed by atoms with Crippen LogP contribution in [0.3, 0.4) is 0 Å². The Labute approximate surface area is 171 Å². The summed E-state index contributed by atoms with van der Waals surface area (Å²) in [6, 6.07) is 0. The first-order valence-corrected chi connectivity index (χ1v) is 8.04. The second-order valence-electron chi connectivity index (χ2n) is 3.19. The van der Waals surface area contributed by atoms with Gasteiger partial charge in [0.25, 0.3) is 0 Å². The van der Waals surface area contributed by atoms with Crippen molar-refractivity contribution in [3.05, 3.63) is 12.2 Å². The third-order valence-corrected chi connectivity index (χ3v) is 2.84. The Balaban J connectivity index is -0.00000180. The summed E-state index contributed by atoms with van der Waals surface area (Å²) in [5, 5.41) is 0. The first kappa shape index (κ1) is 27.4. The molecule has 0 aliphatic carbocycles. The Kier molecular flexibility index (Phi) is 16.0. The van der Waals surface area contributed by atoms with Crippen LogP contribution >= 0.6 is 0 Å². The van der Waals surface area contributed by atoms with E-state index >= 15 is 0 Å². The van der Waals surface area contributed by atoms with E-state index in [9.17, 15) is 35.5 Å². The van der Waals surface area contributed by atoms with Crippen LogP contribution in [0.5, 0.6) is 0 Å². The van der Waals surface area contributed by atoms with Gasteiger partial charge in [0.2, 0.25) is 0 Å². The van der Waals surface area contributed by atoms with Crippen molar-refractivity contribution in [2.75, 3.05) is 24.7 Å². The molecule has 0 N–H and O–H groups in total. The second-order valence-corrected chi connectivity index (χ2v) is 6.24. The van der Waals surface area contributed by atoms with Gasteiger partial charge in [0.1, 0.15) is 13.2 Å². The van der Waals surface area contributed by atoms with Crippen molar-refractivity contribution in [2.24, 2.45) is 0 Å². The van der Waals surface area contributed by atoms with Gasteiger partial charge in [-0.1, -0.05) is 0 Å². The van der Waals surface area contributed by atoms with Gasteiger partial charge in [-0.25, -0.2) is 26.4 Å². The summed E-state index contributed by atoms with van der Waals surface area (Å²) in [5.41, 5.74) is 0. The van der Waals surface area contributed by atoms with Gasteiger partial charge in [-0.15, -0.1) is 0 Å². The van der Waals surface area contributed by atoms with Gasteiger partial charge in [0, 0.05) is 12.2 Å². The molecule has 0 atom stereocenters. The molecule has 0 saturated carbocycles. The predicted octanol–water partition coefficient (Wildman–Crippen LogP) is -8.27. The molecule has 0 bridgehead atoms. The number of carbonyl (C=O) groups is 2. The molecule has 0 aromatic carbocycles. The number of esters is 2. The number of carbonyl (C=O) groups excluding carboxylic acids is 2. The van der Waals surface area contributed by atoms with Crippen LogP contribution in [0, 0.1) is 0 Å². The average molecular weight is 376 g/mol. The van der Waals surface area contributed by atoms with Gasteiger partial charge < -0.3 is 18.6 Å². The molecule has 0 amide bonds. The number of hydrogen-bond acceptors (Lipinski definition) is 10. The van der Waals surface area contributed by atoms with E-state index in [4.69, 9.17) is 0 Å². The fraction of sp³-hybridized carbons (Fsp3) is 0.500. The molecule has 10 nitrogen and oxygen atoms in total. The van der Waals surface area contributed by atoms with Gasteiger partial charge in [-0.2, -0.15) is 0 Å². The van der Waals surface area contributed by atoms with Gasteiger partial charge >= 0.3 is 71.1 Å². The minimum atomic E-state index is -4.51. The minimum absolute atomic E-state index is 0. The molecule has 0 aromatic heterocycles. The molecule has 0 aliphatic heterocycles. The van der Waals surface area contributed by atoms with Crippen LogP contribution in [-0.4, -0.2) is 62.6 Å². The monoisotopic (exact) mass is 376 g/mol. The minimum Gasteiger partial charge on any atom is -0.748 e. The van der Waals surface area contributed by atoms with Crippen molar-refractivity contribution >= 4 is 32.2 Å². The molecule has 0 heterocycles. The fourth-order valence-electron chi connectivity index (χ4n) is 0.721. The topological polar surface area (TPSA) is 167 Å². The third kappa shape index (κ3) is 20.5. The summed E-state index contributed by atoms with van der Waals surface area (Å²) in [6.07, 6.45) is 1.18. The molecule has 0 spiro atoms. The van der Waals surface area contributed by atoms with Crippen molar-refractivity contribution in [3.8, 4) is 0 Å². The zero-order valence-electron chi connectivity index (χ0n) is 11.9. The average Bonchev–Trinajstić information content (AvgIpc) is 2.22. The van der Waals surface area contributed by atoms with Gasteiger partial charge in [-0.05, 0) is 0 Å². The van der Waals surface area contributed by atoms with Crippen LogP contribution in [0.2, 0.25) is 0 Å². The zero-order chi connectivity index (χ0) is 15.8. The Bertz CT molecular complexity index is 528. The van der Waals surface area contributed by atoms with Crippen LogP contribution in [0.15, 0.2) is 12.2 Å². The van der Waals surface area contributed by atoms with Crippen molar-refractivity contribution < 1.29 is 104 Å². The maximum atomic E-state index is 10.9. The predicted molar refractivity (Wildman–Crippen MR) is 60.2 cm³/mol. The van der Waals surface area contributed by atoms with Gasteiger partial charge in [0.15, 0.2) is 0 Å². The SMILES string of the molecule is O=C(/C=C\C(=O)OCCS(=O)(=O)[O-])OCCS(=O)(=O)[O-].[Na+].[Na+]. The van der Waals surface area contributed by atoms with Crippen molar-refractivity contribution in [2.45, 2.75) is 0 Å². The number of rotatable bonds is 8.